The number of aromatic nitrogens is 2. The number of methoxy groups -OCH3 is 1. The smallest absolute Gasteiger partial charge is 0.163 e. The van der Waals surface area contributed by atoms with E-state index >= 15 is 0 Å². The number of nitrogens with one attached hydrogen (secondary N) is 2. The predicted octanol–water partition coefficient (Wildman–Crippen LogP) is 1.46. The van der Waals surface area contributed by atoms with Crippen LogP contribution in [0.15, 0.2) is 12.1 Å². The predicted molar refractivity (Wildman–Crippen MR) is 75.3 cm³/mol. The van der Waals surface area contributed by atoms with Crippen molar-refractivity contribution in [1.82, 2.24) is 15.3 Å². The minimum atomic E-state index is 0.685. The van der Waals surface area contributed by atoms with Gasteiger partial charge in [0.05, 0.1) is 37.4 Å². The number of aromatic amines is 1. The van der Waals surface area contributed by atoms with Crippen molar-refractivity contribution in [2.75, 3.05) is 33.5 Å². The van der Waals surface area contributed by atoms with Gasteiger partial charge in [-0.3, -0.25) is 0 Å². The van der Waals surface area contributed by atoms with Crippen molar-refractivity contribution in [3.8, 4) is 11.5 Å². The average Bonchev–Trinajstić information content (AvgIpc) is 2.70. The van der Waals surface area contributed by atoms with Gasteiger partial charge in [0.15, 0.2) is 11.5 Å². The third-order valence-corrected chi connectivity index (χ3v) is 3.18. The Balaban J connectivity index is 1.77. The molecule has 1 aliphatic rings. The maximum Gasteiger partial charge on any atom is 0.163 e. The lowest BCUT2D eigenvalue weighted by atomic mass is 10.3. The molecule has 0 aliphatic carbocycles. The van der Waals surface area contributed by atoms with Gasteiger partial charge in [-0.25, -0.2) is 4.98 Å². The third kappa shape index (κ3) is 2.86. The molecular formula is C14H19N3O3. The molecule has 0 radical (unpaired) electrons. The lowest BCUT2D eigenvalue weighted by molar-refractivity contribution is 0.199. The summed E-state index contributed by atoms with van der Waals surface area (Å²) < 4.78 is 16.3. The zero-order valence-corrected chi connectivity index (χ0v) is 11.6. The highest BCUT2D eigenvalue weighted by molar-refractivity contribution is 5.79. The van der Waals surface area contributed by atoms with Gasteiger partial charge in [-0.2, -0.15) is 0 Å². The van der Waals surface area contributed by atoms with Crippen molar-refractivity contribution in [2.45, 2.75) is 13.0 Å². The summed E-state index contributed by atoms with van der Waals surface area (Å²) in [6.45, 7) is 3.56. The summed E-state index contributed by atoms with van der Waals surface area (Å²) in [7, 11) is 1.69. The molecule has 2 N–H and O–H groups in total. The molecule has 6 nitrogen and oxygen atoms in total. The molecule has 0 bridgehead atoms. The summed E-state index contributed by atoms with van der Waals surface area (Å²) in [6, 6.07) is 3.90. The molecule has 0 unspecified atom stereocenters. The fraction of sp³-hybridized carbons (Fsp3) is 0.500. The van der Waals surface area contributed by atoms with Gasteiger partial charge >= 0.3 is 0 Å². The van der Waals surface area contributed by atoms with Crippen LogP contribution in [0.5, 0.6) is 11.5 Å². The van der Waals surface area contributed by atoms with Gasteiger partial charge in [0, 0.05) is 32.2 Å². The average molecular weight is 277 g/mol. The molecule has 2 aromatic rings. The van der Waals surface area contributed by atoms with Crippen molar-refractivity contribution >= 4 is 11.0 Å². The Hall–Kier alpha value is -1.79. The Bertz CT molecular complexity index is 539. The Morgan fingerprint density at radius 3 is 2.90 bits per heavy atom. The first-order valence-electron chi connectivity index (χ1n) is 6.85. The van der Waals surface area contributed by atoms with Crippen molar-refractivity contribution in [3.05, 3.63) is 18.0 Å². The first kappa shape index (κ1) is 13.2. The normalized spacial score (nSPS) is 14.4. The molecule has 6 heteroatoms. The minimum Gasteiger partial charge on any atom is -0.489 e. The number of rotatable bonds is 5. The van der Waals surface area contributed by atoms with E-state index in [1.165, 1.54) is 0 Å². The van der Waals surface area contributed by atoms with E-state index in [-0.39, 0.29) is 0 Å². The van der Waals surface area contributed by atoms with Crippen LogP contribution >= 0.6 is 0 Å². The number of hydrogen-bond acceptors (Lipinski definition) is 5. The lowest BCUT2D eigenvalue weighted by Gasteiger charge is -2.05. The van der Waals surface area contributed by atoms with Crippen LogP contribution in [-0.4, -0.2) is 43.4 Å². The largest absolute Gasteiger partial charge is 0.489 e. The van der Waals surface area contributed by atoms with Crippen LogP contribution in [0, 0.1) is 0 Å². The molecule has 108 valence electrons. The number of fused-ring (bicyclic) bond motifs is 2. The highest BCUT2D eigenvalue weighted by Gasteiger charge is 2.13. The van der Waals surface area contributed by atoms with Gasteiger partial charge in [-0.15, -0.1) is 0 Å². The monoisotopic (exact) mass is 277 g/mol. The zero-order valence-electron chi connectivity index (χ0n) is 11.6. The maximum atomic E-state index is 5.67. The molecule has 20 heavy (non-hydrogen) atoms. The highest BCUT2D eigenvalue weighted by atomic mass is 16.5. The fourth-order valence-electron chi connectivity index (χ4n) is 2.18. The molecule has 0 amide bonds. The molecular weight excluding hydrogens is 258 g/mol. The second-order valence-electron chi connectivity index (χ2n) is 4.72. The van der Waals surface area contributed by atoms with E-state index in [0.29, 0.717) is 26.4 Å². The minimum absolute atomic E-state index is 0.685. The van der Waals surface area contributed by atoms with Crippen LogP contribution in [0.2, 0.25) is 0 Å². The van der Waals surface area contributed by atoms with Crippen molar-refractivity contribution < 1.29 is 14.2 Å². The molecule has 0 spiro atoms. The van der Waals surface area contributed by atoms with Crippen molar-refractivity contribution in [3.63, 3.8) is 0 Å². The van der Waals surface area contributed by atoms with Crippen LogP contribution in [0.1, 0.15) is 12.2 Å². The second-order valence-corrected chi connectivity index (χ2v) is 4.72. The maximum absolute atomic E-state index is 5.67. The highest BCUT2D eigenvalue weighted by Crippen LogP contribution is 2.33. The van der Waals surface area contributed by atoms with Gasteiger partial charge in [0.25, 0.3) is 0 Å². The number of H-pyrrole nitrogens is 1. The van der Waals surface area contributed by atoms with Gasteiger partial charge in [-0.05, 0) is 0 Å². The second kappa shape index (κ2) is 6.11. The summed E-state index contributed by atoms with van der Waals surface area (Å²) in [4.78, 5) is 7.85. The molecule has 1 aliphatic heterocycles. The third-order valence-electron chi connectivity index (χ3n) is 3.18. The number of benzene rings is 1. The first-order valence-corrected chi connectivity index (χ1v) is 6.85. The number of ether oxygens (including phenoxy) is 3. The van der Waals surface area contributed by atoms with Gasteiger partial charge < -0.3 is 24.5 Å². The van der Waals surface area contributed by atoms with Crippen LogP contribution in [0.3, 0.4) is 0 Å². The Kier molecular flexibility index (Phi) is 4.03. The number of hydrogen-bond donors (Lipinski definition) is 2. The molecule has 3 rings (SSSR count). The molecule has 0 saturated heterocycles. The Labute approximate surface area is 117 Å². The van der Waals surface area contributed by atoms with E-state index in [2.05, 4.69) is 15.3 Å². The van der Waals surface area contributed by atoms with E-state index in [9.17, 15) is 0 Å². The molecule has 2 heterocycles. The first-order chi connectivity index (χ1) is 9.86. The standard InChI is InChI=1S/C14H19N3O3/c1-18-6-3-15-9-14-16-10-7-12-13(8-11(10)17-14)20-5-2-4-19-12/h7-8,15H,2-6,9H2,1H3,(H,16,17). The number of nitrogens with zero attached hydrogens (tertiary/aromatic N) is 1. The summed E-state index contributed by atoms with van der Waals surface area (Å²) in [5.74, 6) is 2.47. The SMILES string of the molecule is COCCNCc1nc2cc3c(cc2[nH]1)OCCCO3. The van der Waals surface area contributed by atoms with Crippen LogP contribution in [0.25, 0.3) is 11.0 Å². The zero-order chi connectivity index (χ0) is 13.8. The van der Waals surface area contributed by atoms with E-state index in [4.69, 9.17) is 14.2 Å². The molecule has 0 saturated carbocycles. The van der Waals surface area contributed by atoms with E-state index in [0.717, 1.165) is 41.3 Å². The Morgan fingerprint density at radius 1 is 1.30 bits per heavy atom. The van der Waals surface area contributed by atoms with Crippen molar-refractivity contribution in [1.29, 1.82) is 0 Å². The van der Waals surface area contributed by atoms with E-state index < -0.39 is 0 Å². The quantitative estimate of drug-likeness (QED) is 0.810. The summed E-state index contributed by atoms with van der Waals surface area (Å²) in [5, 5.41) is 3.26. The van der Waals surface area contributed by atoms with Gasteiger partial charge in [-0.1, -0.05) is 0 Å². The van der Waals surface area contributed by atoms with E-state index in [1.54, 1.807) is 7.11 Å². The van der Waals surface area contributed by atoms with Crippen LogP contribution in [0.4, 0.5) is 0 Å². The summed E-state index contributed by atoms with van der Waals surface area (Å²) in [5.41, 5.74) is 1.87. The van der Waals surface area contributed by atoms with Crippen LogP contribution in [-0.2, 0) is 11.3 Å². The summed E-state index contributed by atoms with van der Waals surface area (Å²) in [6.07, 6.45) is 0.907. The van der Waals surface area contributed by atoms with Gasteiger partial charge in [0.2, 0.25) is 0 Å². The van der Waals surface area contributed by atoms with Gasteiger partial charge in [0.1, 0.15) is 5.82 Å². The fourth-order valence-corrected chi connectivity index (χ4v) is 2.18. The Morgan fingerprint density at radius 2 is 2.10 bits per heavy atom. The lowest BCUT2D eigenvalue weighted by Crippen LogP contribution is -2.19. The molecule has 1 aromatic heterocycles. The summed E-state index contributed by atoms with van der Waals surface area (Å²) >= 11 is 0. The molecule has 1 aromatic carbocycles. The topological polar surface area (TPSA) is 68.4 Å². The van der Waals surface area contributed by atoms with Crippen LogP contribution < -0.4 is 14.8 Å². The number of imidazole rings is 1. The van der Waals surface area contributed by atoms with E-state index in [1.807, 2.05) is 12.1 Å². The molecule has 0 fully saturated rings. The molecule has 0 atom stereocenters. The van der Waals surface area contributed by atoms with Crippen molar-refractivity contribution in [2.24, 2.45) is 0 Å².